The molecule has 6 spiro atoms. The van der Waals surface area contributed by atoms with Crippen molar-refractivity contribution >= 4 is 12.1 Å². The lowest BCUT2D eigenvalue weighted by Crippen LogP contribution is -2.71. The Bertz CT molecular complexity index is 3280. The Balaban J connectivity index is 0.875. The van der Waals surface area contributed by atoms with E-state index in [-0.39, 0.29) is 82.1 Å². The number of ketones is 1. The molecule has 11 nitrogen and oxygen atoms in total. The average Bonchev–Trinajstić information content (AvgIpc) is 1.27. The highest BCUT2D eigenvalue weighted by atomic mass is 16.6. The van der Waals surface area contributed by atoms with Crippen LogP contribution in [0.2, 0.25) is 0 Å². The number of nitrogens with one attached hydrogen (secondary N) is 1. The van der Waals surface area contributed by atoms with Crippen LogP contribution in [0.4, 0.5) is 0 Å². The number of carbonyl (C=O) groups is 2. The topological polar surface area (TPSA) is 195 Å². The molecule has 1 aromatic carbocycles. The van der Waals surface area contributed by atoms with Crippen LogP contribution in [0.15, 0.2) is 71.1 Å². The molecule has 11 fully saturated rings. The fourth-order valence-corrected chi connectivity index (χ4v) is 27.6. The number of rotatable bonds is 11. The van der Waals surface area contributed by atoms with E-state index in [1.54, 1.807) is 0 Å². The normalized spacial score (nSPS) is 47.9. The first kappa shape index (κ1) is 61.3. The van der Waals surface area contributed by atoms with Gasteiger partial charge in [-0.25, -0.2) is 0 Å². The summed E-state index contributed by atoms with van der Waals surface area (Å²) in [7, 11) is 0. The number of hydrogen-bond acceptors (Lipinski definition) is 11. The number of dihydropyridines is 1. The van der Waals surface area contributed by atoms with Gasteiger partial charge in [-0.05, 0) is 259 Å². The van der Waals surface area contributed by atoms with Gasteiger partial charge in [0.1, 0.15) is 24.1 Å². The van der Waals surface area contributed by atoms with Crippen LogP contribution in [-0.4, -0.2) is 99.1 Å². The standard InChI is InChI=1S/C79H108N2O9/c1-50-21-33-89-78(38-50,67-66(90-67)70(4,87)68(2,48-83)26-18-51-20-32-81-64(80)34-51)62-19-27-79(88)60-37-61(86)59-36-58(85)44-76-57-35-56(75(49-84)40-52(45-82)39-74(75)31-29-72(47-74)24-9-10-25-72)43-77(59,76)65(60)55(41-69(62,79)3)17-16-54-13-6-5-12-53(54)14-11-15-63(76)73(42-57)30-28-71(46-73)22-7-8-23-71/h5-6,12-13,20,34-35,37,45,50,52,55,57-59,62-63,65-67,81,83-85,87-88H,7-10,14,16-19,21-33,36,38-44,46-49,80H2,1-4H3. The minimum Gasteiger partial charge on any atom is -0.396 e. The molecule has 16 rings (SSSR count). The van der Waals surface area contributed by atoms with E-state index < -0.39 is 68.1 Å². The molecule has 11 heteroatoms. The van der Waals surface area contributed by atoms with E-state index in [4.69, 9.17) is 15.2 Å². The summed E-state index contributed by atoms with van der Waals surface area (Å²) in [6.07, 6.45) is 35.7. The molecule has 2 saturated heterocycles. The first-order chi connectivity index (χ1) is 43.1. The van der Waals surface area contributed by atoms with Gasteiger partial charge in [-0.2, -0.15) is 0 Å². The Morgan fingerprint density at radius 3 is 2.36 bits per heavy atom. The van der Waals surface area contributed by atoms with Gasteiger partial charge in [0.15, 0.2) is 5.78 Å². The van der Waals surface area contributed by atoms with Gasteiger partial charge in [-0.3, -0.25) is 4.79 Å². The minimum absolute atomic E-state index is 0.00737. The first-order valence-electron chi connectivity index (χ1n) is 36.6. The van der Waals surface area contributed by atoms with Crippen LogP contribution in [0, 0.1) is 108 Å². The molecule has 21 unspecified atom stereocenters. The molecule has 12 aliphatic carbocycles. The molecule has 90 heavy (non-hydrogen) atoms. The van der Waals surface area contributed by atoms with Crippen LogP contribution in [0.1, 0.15) is 219 Å². The number of aryl methyl sites for hydroxylation is 1. The third-order valence-electron chi connectivity index (χ3n) is 31.7. The molecule has 8 N–H and O–H groups in total. The van der Waals surface area contributed by atoms with Crippen molar-refractivity contribution in [3.8, 4) is 11.8 Å². The lowest BCUT2D eigenvalue weighted by molar-refractivity contribution is -0.227. The van der Waals surface area contributed by atoms with Gasteiger partial charge < -0.3 is 50.9 Å². The summed E-state index contributed by atoms with van der Waals surface area (Å²) < 4.78 is 14.6. The maximum absolute atomic E-state index is 16.8. The Morgan fingerprint density at radius 1 is 0.867 bits per heavy atom. The Kier molecular flexibility index (Phi) is 14.3. The molecule has 15 aliphatic rings. The van der Waals surface area contributed by atoms with Crippen LogP contribution in [-0.2, 0) is 31.9 Å². The molecule has 0 amide bonds. The second kappa shape index (κ2) is 21.0. The number of aliphatic hydroxyl groups excluding tert-OH is 3. The monoisotopic (exact) mass is 1230 g/mol. The maximum Gasteiger partial charge on any atom is 0.159 e. The van der Waals surface area contributed by atoms with Crippen LogP contribution in [0.25, 0.3) is 0 Å². The van der Waals surface area contributed by atoms with E-state index in [1.165, 1.54) is 80.8 Å². The molecule has 0 bridgehead atoms. The summed E-state index contributed by atoms with van der Waals surface area (Å²) in [5, 5.41) is 68.8. The number of ether oxygens (including phenoxy) is 2. The molecule has 0 radical (unpaired) electrons. The second-order valence-corrected chi connectivity index (χ2v) is 35.4. The van der Waals surface area contributed by atoms with E-state index in [0.717, 1.165) is 75.4 Å². The van der Waals surface area contributed by atoms with Crippen LogP contribution in [0.5, 0.6) is 0 Å². The largest absolute Gasteiger partial charge is 0.396 e. The number of aldehydes is 1. The highest BCUT2D eigenvalue weighted by Crippen LogP contribution is 2.86. The average molecular weight is 1230 g/mol. The van der Waals surface area contributed by atoms with E-state index in [9.17, 15) is 25.2 Å². The summed E-state index contributed by atoms with van der Waals surface area (Å²) >= 11 is 0. The number of nitrogens with two attached hydrogens (primary N) is 1. The van der Waals surface area contributed by atoms with E-state index in [0.29, 0.717) is 89.6 Å². The molecular weight excluding hydrogens is 1120 g/mol. The molecule has 3 heterocycles. The van der Waals surface area contributed by atoms with Gasteiger partial charge in [0, 0.05) is 59.0 Å². The van der Waals surface area contributed by atoms with Gasteiger partial charge in [0.25, 0.3) is 0 Å². The zero-order valence-electron chi connectivity index (χ0n) is 55.0. The van der Waals surface area contributed by atoms with Gasteiger partial charge in [0.2, 0.25) is 0 Å². The summed E-state index contributed by atoms with van der Waals surface area (Å²) in [6.45, 7) is 9.45. The summed E-state index contributed by atoms with van der Waals surface area (Å²) in [5.74, 6) is 8.10. The molecule has 21 atom stereocenters. The highest BCUT2D eigenvalue weighted by molar-refractivity contribution is 5.95. The number of benzene rings is 1. The Labute approximate surface area is 537 Å². The van der Waals surface area contributed by atoms with E-state index in [2.05, 4.69) is 67.4 Å². The van der Waals surface area contributed by atoms with Crippen molar-refractivity contribution in [2.45, 2.75) is 255 Å². The summed E-state index contributed by atoms with van der Waals surface area (Å²) in [5.41, 5.74) is 4.79. The molecule has 3 aliphatic heterocycles. The van der Waals surface area contributed by atoms with Crippen LogP contribution >= 0.6 is 0 Å². The van der Waals surface area contributed by atoms with Crippen molar-refractivity contribution in [3.63, 3.8) is 0 Å². The third-order valence-corrected chi connectivity index (χ3v) is 31.7. The van der Waals surface area contributed by atoms with Gasteiger partial charge >= 0.3 is 0 Å². The number of aliphatic hydroxyl groups is 5. The zero-order valence-corrected chi connectivity index (χ0v) is 55.0. The van der Waals surface area contributed by atoms with Gasteiger partial charge in [-0.1, -0.05) is 100 Å². The smallest absolute Gasteiger partial charge is 0.159 e. The third kappa shape index (κ3) is 8.27. The van der Waals surface area contributed by atoms with Crippen molar-refractivity contribution in [2.75, 3.05) is 26.4 Å². The second-order valence-electron chi connectivity index (χ2n) is 35.4. The van der Waals surface area contributed by atoms with Crippen LogP contribution < -0.4 is 11.1 Å². The lowest BCUT2D eigenvalue weighted by Gasteiger charge is -2.72. The predicted molar refractivity (Wildman–Crippen MR) is 346 cm³/mol. The zero-order chi connectivity index (χ0) is 62.3. The first-order valence-corrected chi connectivity index (χ1v) is 36.6. The number of epoxide rings is 1. The highest BCUT2D eigenvalue weighted by Gasteiger charge is 2.83. The molecule has 488 valence electrons. The van der Waals surface area contributed by atoms with Crippen molar-refractivity contribution in [1.29, 1.82) is 0 Å². The Morgan fingerprint density at radius 2 is 1.62 bits per heavy atom. The fourth-order valence-electron chi connectivity index (χ4n) is 27.6. The van der Waals surface area contributed by atoms with Crippen molar-refractivity contribution in [3.05, 3.63) is 82.2 Å². The van der Waals surface area contributed by atoms with Crippen molar-refractivity contribution in [2.24, 2.45) is 102 Å². The van der Waals surface area contributed by atoms with Crippen molar-refractivity contribution in [1.82, 2.24) is 5.32 Å². The van der Waals surface area contributed by atoms with Crippen LogP contribution in [0.3, 0.4) is 0 Å². The number of allylic oxidation sites excluding steroid dienone is 4. The fraction of sp³-hybridized carbons (Fsp3) is 0.772. The summed E-state index contributed by atoms with van der Waals surface area (Å²) in [4.78, 5) is 30.4. The quantitative estimate of drug-likeness (QED) is 0.0482. The van der Waals surface area contributed by atoms with Gasteiger partial charge in [-0.15, -0.1) is 0 Å². The van der Waals surface area contributed by atoms with E-state index >= 15 is 9.90 Å². The molecule has 1 aromatic rings. The number of fused-ring (bicyclic) bond motifs is 4. The van der Waals surface area contributed by atoms with Crippen molar-refractivity contribution < 1.29 is 44.6 Å². The Hall–Kier alpha value is -3.60. The SMILES string of the molecule is CC1CCOC(C2OC2C(C)(O)C(C)(CO)CCC2=CCNC(N)=C2)(C2CCC3(O)C4=CC(=O)C5CC(O)CC67C8C=C(C9(CO)CC(C=O)CC9%10CCC9(CCCC9)C%10)CC56C4C(CCc4ccccc4CC#CC7C4(CCC5(CCCC5)C4)C8)CC23C)C1. The number of carbonyl (C=O) groups excluding carboxylic acids is 2. The lowest BCUT2D eigenvalue weighted by atomic mass is 9.31. The number of hydrogen-bond donors (Lipinski definition) is 7. The van der Waals surface area contributed by atoms with Gasteiger partial charge in [0.05, 0.1) is 36.3 Å². The van der Waals surface area contributed by atoms with E-state index in [1.807, 2.05) is 26.0 Å². The molecular formula is C79H108N2O9. The predicted octanol–water partition coefficient (Wildman–Crippen LogP) is 12.0. The molecule has 0 aromatic heterocycles. The minimum atomic E-state index is -1.45. The molecule has 9 saturated carbocycles. The summed E-state index contributed by atoms with van der Waals surface area (Å²) in [6, 6.07) is 8.99. The maximum atomic E-state index is 16.8.